The summed E-state index contributed by atoms with van der Waals surface area (Å²) in [5.41, 5.74) is 1.11. The van der Waals surface area contributed by atoms with Crippen LogP contribution in [0.2, 0.25) is 0 Å². The number of amides is 2. The van der Waals surface area contributed by atoms with Crippen LogP contribution < -0.4 is 10.2 Å². The van der Waals surface area contributed by atoms with E-state index in [-0.39, 0.29) is 17.6 Å². The average Bonchev–Trinajstić information content (AvgIpc) is 3.34. The molecule has 4 rings (SSSR count). The Morgan fingerprint density at radius 1 is 1.06 bits per heavy atom. The standard InChI is InChI=1S/C22H22FN5O2S/c23-16-6-8-18(9-7-16)28(22(30)19-14-31-27-26-19)20(15-10-12-24-13-11-15)21(29)25-17-4-2-1-3-5-17/h6-14,17,20H,1-5H2,(H,25,29). The molecule has 1 aromatic carbocycles. The molecule has 1 N–H and O–H groups in total. The van der Waals surface area contributed by atoms with Crippen molar-refractivity contribution >= 4 is 29.0 Å². The highest BCUT2D eigenvalue weighted by molar-refractivity contribution is 7.03. The van der Waals surface area contributed by atoms with E-state index in [1.807, 2.05) is 0 Å². The molecule has 1 unspecified atom stereocenters. The fraction of sp³-hybridized carbons (Fsp3) is 0.318. The highest BCUT2D eigenvalue weighted by Gasteiger charge is 2.35. The molecule has 7 nitrogen and oxygen atoms in total. The van der Waals surface area contributed by atoms with Gasteiger partial charge in [-0.1, -0.05) is 23.8 Å². The van der Waals surface area contributed by atoms with Gasteiger partial charge in [0, 0.05) is 29.5 Å². The summed E-state index contributed by atoms with van der Waals surface area (Å²) in [6.07, 6.45) is 8.27. The molecule has 1 saturated carbocycles. The van der Waals surface area contributed by atoms with Gasteiger partial charge in [-0.05, 0) is 66.3 Å². The number of aromatic nitrogens is 3. The molecule has 160 valence electrons. The van der Waals surface area contributed by atoms with Crippen molar-refractivity contribution in [3.8, 4) is 0 Å². The predicted molar refractivity (Wildman–Crippen MR) is 115 cm³/mol. The number of hydrogen-bond acceptors (Lipinski definition) is 6. The molecule has 0 radical (unpaired) electrons. The molecule has 31 heavy (non-hydrogen) atoms. The number of anilines is 1. The van der Waals surface area contributed by atoms with Crippen LogP contribution in [0, 0.1) is 5.82 Å². The lowest BCUT2D eigenvalue weighted by molar-refractivity contribution is -0.123. The fourth-order valence-corrected chi connectivity index (χ4v) is 4.29. The lowest BCUT2D eigenvalue weighted by Crippen LogP contribution is -2.47. The number of rotatable bonds is 6. The predicted octanol–water partition coefficient (Wildman–Crippen LogP) is 3.91. The minimum atomic E-state index is -0.968. The van der Waals surface area contributed by atoms with Gasteiger partial charge in [0.2, 0.25) is 5.91 Å². The van der Waals surface area contributed by atoms with Gasteiger partial charge in [-0.2, -0.15) is 0 Å². The Morgan fingerprint density at radius 2 is 1.77 bits per heavy atom. The van der Waals surface area contributed by atoms with Crippen LogP contribution in [0.25, 0.3) is 0 Å². The number of nitrogens with one attached hydrogen (secondary N) is 1. The second-order valence-corrected chi connectivity index (χ2v) is 8.08. The summed E-state index contributed by atoms with van der Waals surface area (Å²) in [5.74, 6) is -1.21. The molecule has 2 amide bonds. The Morgan fingerprint density at radius 3 is 2.42 bits per heavy atom. The highest BCUT2D eigenvalue weighted by atomic mass is 32.1. The fourth-order valence-electron chi connectivity index (χ4n) is 3.86. The van der Waals surface area contributed by atoms with Gasteiger partial charge in [0.15, 0.2) is 5.69 Å². The first-order valence-corrected chi connectivity index (χ1v) is 11.0. The van der Waals surface area contributed by atoms with Gasteiger partial charge in [0.05, 0.1) is 0 Å². The van der Waals surface area contributed by atoms with Gasteiger partial charge in [0.1, 0.15) is 11.9 Å². The molecule has 0 aliphatic heterocycles. The van der Waals surface area contributed by atoms with Crippen LogP contribution in [-0.4, -0.2) is 32.4 Å². The molecular weight excluding hydrogens is 417 g/mol. The largest absolute Gasteiger partial charge is 0.351 e. The molecular formula is C22H22FN5O2S. The summed E-state index contributed by atoms with van der Waals surface area (Å²) >= 11 is 1.05. The number of carbonyl (C=O) groups excluding carboxylic acids is 2. The maximum absolute atomic E-state index is 13.6. The topological polar surface area (TPSA) is 88.1 Å². The quantitative estimate of drug-likeness (QED) is 0.629. The Bertz CT molecular complexity index is 1010. The number of carbonyl (C=O) groups is 2. The van der Waals surface area contributed by atoms with Gasteiger partial charge >= 0.3 is 0 Å². The zero-order chi connectivity index (χ0) is 21.6. The van der Waals surface area contributed by atoms with Crippen LogP contribution >= 0.6 is 11.5 Å². The van der Waals surface area contributed by atoms with Crippen LogP contribution in [-0.2, 0) is 4.79 Å². The first-order chi connectivity index (χ1) is 15.1. The Balaban J connectivity index is 1.76. The van der Waals surface area contributed by atoms with E-state index in [9.17, 15) is 14.0 Å². The normalized spacial score (nSPS) is 15.3. The number of nitrogens with zero attached hydrogens (tertiary/aromatic N) is 4. The Hall–Kier alpha value is -3.20. The van der Waals surface area contributed by atoms with Gasteiger partial charge in [-0.3, -0.25) is 19.5 Å². The van der Waals surface area contributed by atoms with E-state index in [1.54, 1.807) is 24.5 Å². The number of halogens is 1. The second kappa shape index (κ2) is 9.74. The van der Waals surface area contributed by atoms with Gasteiger partial charge in [0.25, 0.3) is 5.91 Å². The Labute approximate surface area is 183 Å². The van der Waals surface area contributed by atoms with E-state index in [2.05, 4.69) is 19.9 Å². The maximum Gasteiger partial charge on any atom is 0.280 e. The third-order valence-corrected chi connectivity index (χ3v) is 5.89. The van der Waals surface area contributed by atoms with E-state index >= 15 is 0 Å². The monoisotopic (exact) mass is 439 g/mol. The zero-order valence-electron chi connectivity index (χ0n) is 16.8. The van der Waals surface area contributed by atoms with E-state index in [4.69, 9.17) is 0 Å². The summed E-state index contributed by atoms with van der Waals surface area (Å²) in [4.78, 5) is 32.4. The van der Waals surface area contributed by atoms with E-state index in [1.165, 1.54) is 34.5 Å². The molecule has 3 aromatic rings. The van der Waals surface area contributed by atoms with Gasteiger partial charge in [-0.15, -0.1) is 5.10 Å². The summed E-state index contributed by atoms with van der Waals surface area (Å²) in [5, 5.41) is 8.54. The first-order valence-electron chi connectivity index (χ1n) is 10.2. The highest BCUT2D eigenvalue weighted by Crippen LogP contribution is 2.30. The van der Waals surface area contributed by atoms with Crippen LogP contribution in [0.1, 0.15) is 54.2 Å². The molecule has 1 aliphatic carbocycles. The second-order valence-electron chi connectivity index (χ2n) is 7.47. The molecule has 2 heterocycles. The minimum absolute atomic E-state index is 0.0664. The number of pyridine rings is 1. The summed E-state index contributed by atoms with van der Waals surface area (Å²) in [6, 6.07) is 7.99. The van der Waals surface area contributed by atoms with Crippen LogP contribution in [0.15, 0.2) is 54.2 Å². The molecule has 0 bridgehead atoms. The Kier molecular flexibility index (Phi) is 6.61. The summed E-state index contributed by atoms with van der Waals surface area (Å²) < 4.78 is 17.4. The molecule has 9 heteroatoms. The van der Waals surface area contributed by atoms with Gasteiger partial charge in [-0.25, -0.2) is 4.39 Å². The molecule has 0 saturated heterocycles. The zero-order valence-corrected chi connectivity index (χ0v) is 17.6. The van der Waals surface area contributed by atoms with Gasteiger partial charge < -0.3 is 5.32 Å². The van der Waals surface area contributed by atoms with Crippen molar-refractivity contribution in [1.29, 1.82) is 0 Å². The third-order valence-electron chi connectivity index (χ3n) is 5.38. The van der Waals surface area contributed by atoms with Crippen molar-refractivity contribution in [1.82, 2.24) is 19.9 Å². The van der Waals surface area contributed by atoms with Crippen molar-refractivity contribution in [2.45, 2.75) is 44.2 Å². The first kappa shape index (κ1) is 21.0. The van der Waals surface area contributed by atoms with E-state index < -0.39 is 17.8 Å². The molecule has 2 aromatic heterocycles. The van der Waals surface area contributed by atoms with Crippen LogP contribution in [0.4, 0.5) is 10.1 Å². The van der Waals surface area contributed by atoms with Crippen LogP contribution in [0.3, 0.4) is 0 Å². The van der Waals surface area contributed by atoms with Crippen molar-refractivity contribution in [2.24, 2.45) is 0 Å². The number of benzene rings is 1. The molecule has 0 spiro atoms. The van der Waals surface area contributed by atoms with E-state index in [0.29, 0.717) is 11.3 Å². The lowest BCUT2D eigenvalue weighted by Gasteiger charge is -2.33. The smallest absolute Gasteiger partial charge is 0.280 e. The summed E-state index contributed by atoms with van der Waals surface area (Å²) in [7, 11) is 0. The molecule has 1 fully saturated rings. The minimum Gasteiger partial charge on any atom is -0.351 e. The number of hydrogen-bond donors (Lipinski definition) is 1. The van der Waals surface area contributed by atoms with Crippen molar-refractivity contribution in [2.75, 3.05) is 4.90 Å². The van der Waals surface area contributed by atoms with Crippen molar-refractivity contribution in [3.05, 3.63) is 71.2 Å². The molecule has 1 aliphatic rings. The van der Waals surface area contributed by atoms with Crippen molar-refractivity contribution < 1.29 is 14.0 Å². The SMILES string of the molecule is O=C(NC1CCCCC1)C(c1ccncc1)N(C(=O)c1csnn1)c1ccc(F)cc1. The third kappa shape index (κ3) is 4.93. The average molecular weight is 440 g/mol. The van der Waals surface area contributed by atoms with Crippen LogP contribution in [0.5, 0.6) is 0 Å². The van der Waals surface area contributed by atoms with Crippen molar-refractivity contribution in [3.63, 3.8) is 0 Å². The maximum atomic E-state index is 13.6. The molecule has 1 atom stereocenters. The van der Waals surface area contributed by atoms with E-state index in [0.717, 1.165) is 43.6 Å². The summed E-state index contributed by atoms with van der Waals surface area (Å²) in [6.45, 7) is 0. The lowest BCUT2D eigenvalue weighted by atomic mass is 9.94.